The molecule has 6 nitrogen and oxygen atoms in total. The number of rotatable bonds is 5. The predicted octanol–water partition coefficient (Wildman–Crippen LogP) is 1.02. The fourth-order valence-corrected chi connectivity index (χ4v) is 1.90. The number of nitrogen functional groups attached to an aromatic ring is 1. The molecule has 20 heavy (non-hydrogen) atoms. The van der Waals surface area contributed by atoms with Gasteiger partial charge in [0.25, 0.3) is 0 Å². The zero-order valence-electron chi connectivity index (χ0n) is 11.7. The average molecular weight is 273 g/mol. The highest BCUT2D eigenvalue weighted by molar-refractivity contribution is 5.87. The summed E-state index contributed by atoms with van der Waals surface area (Å²) in [7, 11) is 0. The van der Waals surface area contributed by atoms with Crippen molar-refractivity contribution in [2.24, 2.45) is 0 Å². The fourth-order valence-electron chi connectivity index (χ4n) is 1.90. The number of H-pyrrole nitrogens is 1. The number of carbonyl (C=O) groups is 1. The van der Waals surface area contributed by atoms with E-state index in [1.165, 1.54) is 6.33 Å². The summed E-state index contributed by atoms with van der Waals surface area (Å²) in [5, 5.41) is 9.44. The minimum Gasteiger partial charge on any atom is -0.399 e. The molecule has 0 bridgehead atoms. The van der Waals surface area contributed by atoms with Gasteiger partial charge in [-0.15, -0.1) is 0 Å². The van der Waals surface area contributed by atoms with Gasteiger partial charge in [-0.2, -0.15) is 5.10 Å². The van der Waals surface area contributed by atoms with Crippen LogP contribution in [0, 0.1) is 0 Å². The Hall–Kier alpha value is -2.37. The summed E-state index contributed by atoms with van der Waals surface area (Å²) >= 11 is 0. The third kappa shape index (κ3) is 3.14. The lowest BCUT2D eigenvalue weighted by atomic mass is 9.83. The predicted molar refractivity (Wildman–Crippen MR) is 77.0 cm³/mol. The number of amides is 1. The number of anilines is 1. The Kier molecular flexibility index (Phi) is 4.02. The van der Waals surface area contributed by atoms with Crippen molar-refractivity contribution in [3.8, 4) is 0 Å². The van der Waals surface area contributed by atoms with Crippen LogP contribution in [0.3, 0.4) is 0 Å². The van der Waals surface area contributed by atoms with E-state index < -0.39 is 5.41 Å². The van der Waals surface area contributed by atoms with Crippen molar-refractivity contribution in [2.75, 3.05) is 12.3 Å². The molecule has 0 aliphatic heterocycles. The second-order valence-corrected chi connectivity index (χ2v) is 5.19. The van der Waals surface area contributed by atoms with Gasteiger partial charge < -0.3 is 11.1 Å². The summed E-state index contributed by atoms with van der Waals surface area (Å²) < 4.78 is 0. The molecule has 1 aromatic carbocycles. The summed E-state index contributed by atoms with van der Waals surface area (Å²) in [5.74, 6) is 0.734. The minimum absolute atomic E-state index is 0.0261. The second kappa shape index (κ2) is 5.73. The first-order valence-electron chi connectivity index (χ1n) is 6.48. The summed E-state index contributed by atoms with van der Waals surface area (Å²) in [6, 6.07) is 7.37. The quantitative estimate of drug-likeness (QED) is 0.709. The summed E-state index contributed by atoms with van der Waals surface area (Å²) in [5.41, 5.74) is 6.69. The van der Waals surface area contributed by atoms with Gasteiger partial charge in [0.05, 0.1) is 5.41 Å². The summed E-state index contributed by atoms with van der Waals surface area (Å²) in [6.45, 7) is 4.30. The molecule has 0 radical (unpaired) electrons. The summed E-state index contributed by atoms with van der Waals surface area (Å²) in [4.78, 5) is 16.3. The highest BCUT2D eigenvalue weighted by Crippen LogP contribution is 2.24. The van der Waals surface area contributed by atoms with E-state index in [1.807, 2.05) is 26.0 Å². The van der Waals surface area contributed by atoms with Crippen molar-refractivity contribution < 1.29 is 4.79 Å². The van der Waals surface area contributed by atoms with Gasteiger partial charge in [-0.1, -0.05) is 12.1 Å². The Morgan fingerprint density at radius 2 is 2.05 bits per heavy atom. The summed E-state index contributed by atoms with van der Waals surface area (Å²) in [6.07, 6.45) is 2.08. The Morgan fingerprint density at radius 1 is 1.35 bits per heavy atom. The molecule has 106 valence electrons. The highest BCUT2D eigenvalue weighted by atomic mass is 16.2. The molecule has 2 aromatic rings. The minimum atomic E-state index is -0.602. The molecule has 6 heteroatoms. The van der Waals surface area contributed by atoms with Gasteiger partial charge in [0.15, 0.2) is 0 Å². The first-order chi connectivity index (χ1) is 9.50. The smallest absolute Gasteiger partial charge is 0.230 e. The first kappa shape index (κ1) is 14.0. The van der Waals surface area contributed by atoms with Gasteiger partial charge in [-0.25, -0.2) is 4.98 Å². The normalized spacial score (nSPS) is 11.3. The molecule has 0 atom stereocenters. The van der Waals surface area contributed by atoms with Gasteiger partial charge in [0.1, 0.15) is 12.2 Å². The van der Waals surface area contributed by atoms with E-state index in [1.54, 1.807) is 12.1 Å². The molecule has 0 aliphatic carbocycles. The van der Waals surface area contributed by atoms with Crippen LogP contribution in [-0.4, -0.2) is 27.6 Å². The zero-order chi connectivity index (χ0) is 14.6. The fraction of sp³-hybridized carbons (Fsp3) is 0.357. The SMILES string of the molecule is CC(C)(C(=O)NCCc1ncn[nH]1)c1ccc(N)cc1. The first-order valence-corrected chi connectivity index (χ1v) is 6.48. The van der Waals surface area contributed by atoms with Crippen LogP contribution in [-0.2, 0) is 16.6 Å². The third-order valence-corrected chi connectivity index (χ3v) is 3.31. The van der Waals surface area contributed by atoms with E-state index in [0.717, 1.165) is 11.4 Å². The van der Waals surface area contributed by atoms with E-state index in [2.05, 4.69) is 20.5 Å². The third-order valence-electron chi connectivity index (χ3n) is 3.31. The van der Waals surface area contributed by atoms with Crippen LogP contribution in [0.25, 0.3) is 0 Å². The number of benzene rings is 1. The molecule has 0 unspecified atom stereocenters. The molecule has 0 fully saturated rings. The molecule has 0 saturated heterocycles. The maximum absolute atomic E-state index is 12.3. The number of aromatic amines is 1. The number of nitrogens with two attached hydrogens (primary N) is 1. The lowest BCUT2D eigenvalue weighted by Crippen LogP contribution is -2.41. The topological polar surface area (TPSA) is 96.7 Å². The number of carbonyl (C=O) groups excluding carboxylic acids is 1. The molecule has 2 rings (SSSR count). The van der Waals surface area contributed by atoms with Crippen molar-refractivity contribution in [1.29, 1.82) is 0 Å². The Labute approximate surface area is 117 Å². The monoisotopic (exact) mass is 273 g/mol. The van der Waals surface area contributed by atoms with Gasteiger partial charge >= 0.3 is 0 Å². The Bertz CT molecular complexity index is 560. The van der Waals surface area contributed by atoms with Gasteiger partial charge in [0, 0.05) is 18.7 Å². The molecule has 1 aromatic heterocycles. The van der Waals surface area contributed by atoms with Crippen LogP contribution in [0.5, 0.6) is 0 Å². The number of hydrogen-bond donors (Lipinski definition) is 3. The lowest BCUT2D eigenvalue weighted by Gasteiger charge is -2.24. The van der Waals surface area contributed by atoms with Crippen LogP contribution in [0.4, 0.5) is 5.69 Å². The zero-order valence-corrected chi connectivity index (χ0v) is 11.7. The molecular weight excluding hydrogens is 254 g/mol. The Morgan fingerprint density at radius 3 is 2.65 bits per heavy atom. The molecular formula is C14H19N5O. The molecule has 0 aliphatic rings. The van der Waals surface area contributed by atoms with Crippen molar-refractivity contribution in [2.45, 2.75) is 25.7 Å². The standard InChI is InChI=1S/C14H19N5O/c1-14(2,10-3-5-11(15)6-4-10)13(20)16-8-7-12-17-9-18-19-12/h3-6,9H,7-8,15H2,1-2H3,(H,16,20)(H,17,18,19). The molecule has 0 spiro atoms. The number of hydrogen-bond acceptors (Lipinski definition) is 4. The van der Waals surface area contributed by atoms with Gasteiger partial charge in [0.2, 0.25) is 5.91 Å². The van der Waals surface area contributed by atoms with Crippen molar-refractivity contribution in [1.82, 2.24) is 20.5 Å². The second-order valence-electron chi connectivity index (χ2n) is 5.19. The maximum Gasteiger partial charge on any atom is 0.230 e. The lowest BCUT2D eigenvalue weighted by molar-refractivity contribution is -0.125. The van der Waals surface area contributed by atoms with Crippen molar-refractivity contribution in [3.63, 3.8) is 0 Å². The van der Waals surface area contributed by atoms with E-state index >= 15 is 0 Å². The van der Waals surface area contributed by atoms with E-state index in [0.29, 0.717) is 18.7 Å². The van der Waals surface area contributed by atoms with E-state index in [4.69, 9.17) is 5.73 Å². The van der Waals surface area contributed by atoms with Crippen LogP contribution >= 0.6 is 0 Å². The number of nitrogens with one attached hydrogen (secondary N) is 2. The number of nitrogens with zero attached hydrogens (tertiary/aromatic N) is 2. The Balaban J connectivity index is 1.94. The van der Waals surface area contributed by atoms with Crippen LogP contribution in [0.1, 0.15) is 25.2 Å². The van der Waals surface area contributed by atoms with Gasteiger partial charge in [-0.3, -0.25) is 9.89 Å². The largest absolute Gasteiger partial charge is 0.399 e. The van der Waals surface area contributed by atoms with Crippen molar-refractivity contribution >= 4 is 11.6 Å². The number of aromatic nitrogens is 3. The molecule has 1 amide bonds. The highest BCUT2D eigenvalue weighted by Gasteiger charge is 2.29. The van der Waals surface area contributed by atoms with Crippen LogP contribution in [0.15, 0.2) is 30.6 Å². The van der Waals surface area contributed by atoms with E-state index in [9.17, 15) is 4.79 Å². The van der Waals surface area contributed by atoms with Crippen LogP contribution < -0.4 is 11.1 Å². The molecule has 1 heterocycles. The van der Waals surface area contributed by atoms with Crippen LogP contribution in [0.2, 0.25) is 0 Å². The van der Waals surface area contributed by atoms with Crippen molar-refractivity contribution in [3.05, 3.63) is 42.0 Å². The molecule has 0 saturated carbocycles. The van der Waals surface area contributed by atoms with Gasteiger partial charge in [-0.05, 0) is 31.5 Å². The van der Waals surface area contributed by atoms with E-state index in [-0.39, 0.29) is 5.91 Å². The maximum atomic E-state index is 12.3. The average Bonchev–Trinajstić information content (AvgIpc) is 2.92. The molecule has 4 N–H and O–H groups in total.